The van der Waals surface area contributed by atoms with Crippen LogP contribution >= 0.6 is 0 Å². The van der Waals surface area contributed by atoms with Crippen LogP contribution in [0.3, 0.4) is 0 Å². The van der Waals surface area contributed by atoms with Gasteiger partial charge in [-0.05, 0) is 35.1 Å². The second-order valence-electron chi connectivity index (χ2n) is 7.98. The topological polar surface area (TPSA) is 75.1 Å². The number of anilines is 1. The number of rotatable bonds is 2. The number of amides is 1. The van der Waals surface area contributed by atoms with Crippen molar-refractivity contribution >= 4 is 11.7 Å². The van der Waals surface area contributed by atoms with Gasteiger partial charge in [0.2, 0.25) is 0 Å². The van der Waals surface area contributed by atoms with E-state index in [-0.39, 0.29) is 22.5 Å². The Kier molecular flexibility index (Phi) is 4.65. The predicted molar refractivity (Wildman–Crippen MR) is 95.5 cm³/mol. The third kappa shape index (κ3) is 3.91. The number of nitrogens with zero attached hydrogens (tertiary/aromatic N) is 2. The molecule has 128 valence electrons. The summed E-state index contributed by atoms with van der Waals surface area (Å²) >= 11 is 0. The van der Waals surface area contributed by atoms with Crippen LogP contribution in [-0.2, 0) is 10.8 Å². The number of phenolic OH excluding ortho intramolecular Hbond substituents is 1. The Labute approximate surface area is 143 Å². The van der Waals surface area contributed by atoms with Crippen LogP contribution in [0.25, 0.3) is 0 Å². The molecular weight excluding hydrogens is 302 g/mol. The van der Waals surface area contributed by atoms with Crippen molar-refractivity contribution in [3.05, 3.63) is 47.2 Å². The van der Waals surface area contributed by atoms with Gasteiger partial charge in [0.25, 0.3) is 5.91 Å². The van der Waals surface area contributed by atoms with Gasteiger partial charge in [-0.2, -0.15) is 5.10 Å². The van der Waals surface area contributed by atoms with E-state index < -0.39 is 0 Å². The van der Waals surface area contributed by atoms with Gasteiger partial charge in [0, 0.05) is 22.9 Å². The number of benzene rings is 1. The summed E-state index contributed by atoms with van der Waals surface area (Å²) < 4.78 is 0. The number of aromatic hydroxyl groups is 1. The molecule has 1 aromatic heterocycles. The van der Waals surface area contributed by atoms with E-state index in [4.69, 9.17) is 0 Å². The van der Waals surface area contributed by atoms with Crippen molar-refractivity contribution in [1.29, 1.82) is 0 Å². The highest BCUT2D eigenvalue weighted by molar-refractivity contribution is 6.04. The lowest BCUT2D eigenvalue weighted by atomic mass is 9.78. The molecular formula is C19H25N3O2. The normalized spacial score (nSPS) is 12.1. The number of aromatic nitrogens is 2. The zero-order chi connectivity index (χ0) is 18.1. The Balaban J connectivity index is 2.52. The third-order valence-electron chi connectivity index (χ3n) is 3.80. The van der Waals surface area contributed by atoms with Gasteiger partial charge in [-0.15, -0.1) is 5.10 Å². The molecule has 0 bridgehead atoms. The van der Waals surface area contributed by atoms with Crippen molar-refractivity contribution in [2.75, 3.05) is 5.32 Å². The molecule has 0 atom stereocenters. The second-order valence-corrected chi connectivity index (χ2v) is 7.98. The van der Waals surface area contributed by atoms with Crippen molar-refractivity contribution in [3.8, 4) is 5.75 Å². The first-order valence-electron chi connectivity index (χ1n) is 7.97. The van der Waals surface area contributed by atoms with Gasteiger partial charge in [-0.1, -0.05) is 41.5 Å². The van der Waals surface area contributed by atoms with Crippen molar-refractivity contribution in [2.24, 2.45) is 0 Å². The average molecular weight is 327 g/mol. The summed E-state index contributed by atoms with van der Waals surface area (Å²) in [5.74, 6) is 0.378. The monoisotopic (exact) mass is 327 g/mol. The molecule has 1 aromatic carbocycles. The molecule has 1 amide bonds. The van der Waals surface area contributed by atoms with Crippen LogP contribution in [0.2, 0.25) is 0 Å². The first-order valence-corrected chi connectivity index (χ1v) is 7.97. The van der Waals surface area contributed by atoms with Crippen molar-refractivity contribution in [1.82, 2.24) is 10.2 Å². The molecule has 0 saturated carbocycles. The molecule has 5 heteroatoms. The second kappa shape index (κ2) is 6.23. The molecule has 2 rings (SSSR count). The minimum absolute atomic E-state index is 0.256. The molecule has 1 heterocycles. The summed E-state index contributed by atoms with van der Waals surface area (Å²) in [4.78, 5) is 12.6. The molecule has 0 aliphatic heterocycles. The SMILES string of the molecule is CC(C)(C)c1cc(C(=O)Nc2cccnn2)cc(C(C)(C)C)c1O. The molecule has 24 heavy (non-hydrogen) atoms. The van der Waals surface area contributed by atoms with Gasteiger partial charge < -0.3 is 10.4 Å². The number of carbonyl (C=O) groups is 1. The largest absolute Gasteiger partial charge is 0.507 e. The van der Waals surface area contributed by atoms with Crippen LogP contribution in [0.5, 0.6) is 5.75 Å². The van der Waals surface area contributed by atoms with E-state index in [1.54, 1.807) is 30.5 Å². The number of phenols is 1. The van der Waals surface area contributed by atoms with Crippen molar-refractivity contribution < 1.29 is 9.90 Å². The summed E-state index contributed by atoms with van der Waals surface area (Å²) in [7, 11) is 0. The van der Waals surface area contributed by atoms with E-state index in [9.17, 15) is 9.90 Å². The van der Waals surface area contributed by atoms with Crippen LogP contribution in [0.4, 0.5) is 5.82 Å². The fraction of sp³-hybridized carbons (Fsp3) is 0.421. The van der Waals surface area contributed by atoms with Gasteiger partial charge >= 0.3 is 0 Å². The van der Waals surface area contributed by atoms with Crippen molar-refractivity contribution in [2.45, 2.75) is 52.4 Å². The predicted octanol–water partition coefficient (Wildman–Crippen LogP) is 4.03. The molecule has 5 nitrogen and oxygen atoms in total. The highest BCUT2D eigenvalue weighted by Crippen LogP contribution is 2.39. The number of hydrogen-bond donors (Lipinski definition) is 2. The molecule has 2 aromatic rings. The fourth-order valence-electron chi connectivity index (χ4n) is 2.47. The third-order valence-corrected chi connectivity index (χ3v) is 3.80. The van der Waals surface area contributed by atoms with Crippen LogP contribution < -0.4 is 5.32 Å². The summed E-state index contributed by atoms with van der Waals surface area (Å²) in [6.07, 6.45) is 1.55. The summed E-state index contributed by atoms with van der Waals surface area (Å²) in [5, 5.41) is 21.1. The van der Waals surface area contributed by atoms with Gasteiger partial charge in [0.15, 0.2) is 5.82 Å². The molecule has 0 radical (unpaired) electrons. The molecule has 0 fully saturated rings. The maximum Gasteiger partial charge on any atom is 0.256 e. The van der Waals surface area contributed by atoms with Crippen LogP contribution in [0.1, 0.15) is 63.0 Å². The fourth-order valence-corrected chi connectivity index (χ4v) is 2.47. The van der Waals surface area contributed by atoms with E-state index in [0.717, 1.165) is 11.1 Å². The quantitative estimate of drug-likeness (QED) is 0.873. The van der Waals surface area contributed by atoms with Gasteiger partial charge in [-0.25, -0.2) is 0 Å². The zero-order valence-electron chi connectivity index (χ0n) is 15.1. The summed E-state index contributed by atoms with van der Waals surface area (Å²) in [5.41, 5.74) is 1.42. The maximum atomic E-state index is 12.6. The van der Waals surface area contributed by atoms with E-state index in [2.05, 4.69) is 15.5 Å². The lowest BCUT2D eigenvalue weighted by Crippen LogP contribution is -2.21. The van der Waals surface area contributed by atoms with Gasteiger partial charge in [0.1, 0.15) is 5.75 Å². The first-order chi connectivity index (χ1) is 11.0. The van der Waals surface area contributed by atoms with Crippen LogP contribution in [0, 0.1) is 0 Å². The molecule has 2 N–H and O–H groups in total. The smallest absolute Gasteiger partial charge is 0.256 e. The minimum atomic E-state index is -0.285. The number of carbonyl (C=O) groups excluding carboxylic acids is 1. The Hall–Kier alpha value is -2.43. The van der Waals surface area contributed by atoms with Crippen LogP contribution in [0.15, 0.2) is 30.5 Å². The summed E-state index contributed by atoms with van der Waals surface area (Å²) in [6.45, 7) is 12.1. The highest BCUT2D eigenvalue weighted by atomic mass is 16.3. The van der Waals surface area contributed by atoms with Crippen molar-refractivity contribution in [3.63, 3.8) is 0 Å². The molecule has 0 saturated heterocycles. The standard InChI is InChI=1S/C19H25N3O2/c1-18(2,3)13-10-12(11-14(16(13)23)19(4,5)6)17(24)21-15-8-7-9-20-22-15/h7-11,23H,1-6H3,(H,21,22,24). The highest BCUT2D eigenvalue weighted by Gasteiger charge is 2.27. The van der Waals surface area contributed by atoms with E-state index >= 15 is 0 Å². The van der Waals surface area contributed by atoms with Gasteiger partial charge in [-0.3, -0.25) is 4.79 Å². The van der Waals surface area contributed by atoms with E-state index in [0.29, 0.717) is 11.4 Å². The number of nitrogens with one attached hydrogen (secondary N) is 1. The first kappa shape index (κ1) is 17.9. The minimum Gasteiger partial charge on any atom is -0.507 e. The van der Waals surface area contributed by atoms with Gasteiger partial charge in [0.05, 0.1) is 0 Å². The van der Waals surface area contributed by atoms with Crippen LogP contribution in [-0.4, -0.2) is 21.2 Å². The Morgan fingerprint density at radius 1 is 1.04 bits per heavy atom. The molecule has 0 unspecified atom stereocenters. The molecule has 0 aliphatic carbocycles. The molecule has 0 aliphatic rings. The van der Waals surface area contributed by atoms with E-state index in [1.807, 2.05) is 41.5 Å². The summed E-state index contributed by atoms with van der Waals surface area (Å²) in [6, 6.07) is 6.88. The zero-order valence-corrected chi connectivity index (χ0v) is 15.1. The Morgan fingerprint density at radius 2 is 1.58 bits per heavy atom. The lowest BCUT2D eigenvalue weighted by Gasteiger charge is -2.28. The van der Waals surface area contributed by atoms with E-state index in [1.165, 1.54) is 0 Å². The average Bonchev–Trinajstić information content (AvgIpc) is 2.46. The number of hydrogen-bond acceptors (Lipinski definition) is 4. The Morgan fingerprint density at radius 3 is 2.00 bits per heavy atom. The lowest BCUT2D eigenvalue weighted by molar-refractivity contribution is 0.102. The molecule has 0 spiro atoms. The maximum absolute atomic E-state index is 12.6. The Bertz CT molecular complexity index is 706.